The highest BCUT2D eigenvalue weighted by atomic mass is 32.1. The summed E-state index contributed by atoms with van der Waals surface area (Å²) in [5, 5.41) is 14.7. The number of thiazole rings is 1. The van der Waals surface area contributed by atoms with Crippen molar-refractivity contribution in [2.24, 2.45) is 5.92 Å². The van der Waals surface area contributed by atoms with Crippen LogP contribution in [0.15, 0.2) is 42.2 Å². The topological polar surface area (TPSA) is 79.5 Å². The molecule has 130 valence electrons. The largest absolute Gasteiger partial charge is 0.393 e. The van der Waals surface area contributed by atoms with E-state index in [0.717, 1.165) is 29.2 Å². The Hall–Kier alpha value is -2.25. The molecule has 3 heterocycles. The molecule has 1 aliphatic rings. The molecule has 3 aromatic heterocycles. The van der Waals surface area contributed by atoms with Crippen molar-refractivity contribution < 1.29 is 9.90 Å². The van der Waals surface area contributed by atoms with Gasteiger partial charge >= 0.3 is 0 Å². The Balaban J connectivity index is 1.42. The second kappa shape index (κ2) is 6.93. The number of aliphatic hydroxyl groups is 1. The van der Waals surface area contributed by atoms with Gasteiger partial charge in [-0.2, -0.15) is 0 Å². The second-order valence-corrected chi connectivity index (χ2v) is 7.46. The van der Waals surface area contributed by atoms with Crippen LogP contribution < -0.4 is 5.32 Å². The van der Waals surface area contributed by atoms with Crippen LogP contribution in [0.3, 0.4) is 0 Å². The number of imidazole rings is 1. The summed E-state index contributed by atoms with van der Waals surface area (Å²) in [6, 6.07) is 5.80. The lowest BCUT2D eigenvalue weighted by atomic mass is 9.76. The molecule has 7 heteroatoms. The predicted molar refractivity (Wildman–Crippen MR) is 95.4 cm³/mol. The van der Waals surface area contributed by atoms with Gasteiger partial charge in [0, 0.05) is 42.1 Å². The van der Waals surface area contributed by atoms with Crippen molar-refractivity contribution in [2.75, 3.05) is 0 Å². The first-order chi connectivity index (χ1) is 12.2. The highest BCUT2D eigenvalue weighted by Gasteiger charge is 2.35. The molecule has 1 saturated carbocycles. The van der Waals surface area contributed by atoms with Gasteiger partial charge in [-0.25, -0.2) is 4.98 Å². The molecule has 0 bridgehead atoms. The van der Waals surface area contributed by atoms with Crippen LogP contribution in [0.2, 0.25) is 0 Å². The fourth-order valence-corrected chi connectivity index (χ4v) is 4.04. The van der Waals surface area contributed by atoms with Crippen LogP contribution in [-0.2, 0) is 17.6 Å². The van der Waals surface area contributed by atoms with Gasteiger partial charge in [0.15, 0.2) is 4.96 Å². The molecule has 0 aliphatic heterocycles. The van der Waals surface area contributed by atoms with E-state index in [2.05, 4.69) is 15.3 Å². The molecule has 1 fully saturated rings. The van der Waals surface area contributed by atoms with E-state index in [1.807, 2.05) is 40.4 Å². The number of nitrogens with one attached hydrogen (secondary N) is 1. The Morgan fingerprint density at radius 3 is 3.00 bits per heavy atom. The average Bonchev–Trinajstić information content (AvgIpc) is 3.13. The first-order valence-corrected chi connectivity index (χ1v) is 9.34. The highest BCUT2D eigenvalue weighted by Crippen LogP contribution is 2.31. The van der Waals surface area contributed by atoms with Gasteiger partial charge in [0.05, 0.1) is 18.2 Å². The van der Waals surface area contributed by atoms with Crippen molar-refractivity contribution in [2.45, 2.75) is 37.8 Å². The number of aromatic nitrogens is 3. The zero-order chi connectivity index (χ0) is 17.2. The molecule has 0 unspecified atom stereocenters. The molecule has 1 atom stereocenters. The van der Waals surface area contributed by atoms with Gasteiger partial charge in [0.2, 0.25) is 5.91 Å². The maximum atomic E-state index is 12.5. The standard InChI is InChI=1S/C18H20N4O2S/c23-15-7-12(8-15)16(9-13-3-1-2-4-19-13)21-17(24)10-14-11-22-5-6-25-18(22)20-14/h1-6,11-12,15-16,23H,7-10H2,(H,21,24)/t12?,15?,16-/m0/s1. The SMILES string of the molecule is O=C(Cc1cn2ccsc2n1)N[C@@H](Cc1ccccn1)C1CC(O)C1. The maximum absolute atomic E-state index is 12.5. The van der Waals surface area contributed by atoms with Gasteiger partial charge in [-0.15, -0.1) is 11.3 Å². The molecular weight excluding hydrogens is 336 g/mol. The molecule has 0 saturated heterocycles. The zero-order valence-corrected chi connectivity index (χ0v) is 14.5. The van der Waals surface area contributed by atoms with E-state index in [-0.39, 0.29) is 24.5 Å². The third-order valence-electron chi connectivity index (χ3n) is 4.71. The van der Waals surface area contributed by atoms with Crippen molar-refractivity contribution in [1.82, 2.24) is 19.7 Å². The predicted octanol–water partition coefficient (Wildman–Crippen LogP) is 1.83. The van der Waals surface area contributed by atoms with Gasteiger partial charge < -0.3 is 10.4 Å². The van der Waals surface area contributed by atoms with E-state index in [4.69, 9.17) is 0 Å². The minimum Gasteiger partial charge on any atom is -0.393 e. The van der Waals surface area contributed by atoms with Gasteiger partial charge in [-0.1, -0.05) is 6.07 Å². The van der Waals surface area contributed by atoms with Crippen LogP contribution in [-0.4, -0.2) is 37.5 Å². The third kappa shape index (κ3) is 3.72. The van der Waals surface area contributed by atoms with E-state index in [0.29, 0.717) is 12.3 Å². The average molecular weight is 356 g/mol. The van der Waals surface area contributed by atoms with Crippen molar-refractivity contribution in [3.05, 3.63) is 53.6 Å². The quantitative estimate of drug-likeness (QED) is 0.706. The molecular formula is C18H20N4O2S. The molecule has 1 aliphatic carbocycles. The molecule has 25 heavy (non-hydrogen) atoms. The number of rotatable bonds is 6. The van der Waals surface area contributed by atoms with Crippen LogP contribution in [0.1, 0.15) is 24.2 Å². The summed E-state index contributed by atoms with van der Waals surface area (Å²) in [5.74, 6) is 0.263. The summed E-state index contributed by atoms with van der Waals surface area (Å²) in [6.07, 6.45) is 7.77. The van der Waals surface area contributed by atoms with Crippen molar-refractivity contribution in [3.8, 4) is 0 Å². The van der Waals surface area contributed by atoms with E-state index in [9.17, 15) is 9.90 Å². The zero-order valence-electron chi connectivity index (χ0n) is 13.7. The van der Waals surface area contributed by atoms with Crippen LogP contribution >= 0.6 is 11.3 Å². The Labute approximate surface area is 149 Å². The van der Waals surface area contributed by atoms with Crippen molar-refractivity contribution in [1.29, 1.82) is 0 Å². The lowest BCUT2D eigenvalue weighted by Gasteiger charge is -2.38. The Kier molecular flexibility index (Phi) is 4.50. The summed E-state index contributed by atoms with van der Waals surface area (Å²) < 4.78 is 1.93. The molecule has 4 rings (SSSR count). The fourth-order valence-electron chi connectivity index (χ4n) is 3.32. The second-order valence-electron chi connectivity index (χ2n) is 6.59. The number of hydrogen-bond donors (Lipinski definition) is 2. The lowest BCUT2D eigenvalue weighted by Crippen LogP contribution is -2.48. The van der Waals surface area contributed by atoms with Crippen LogP contribution in [0.5, 0.6) is 0 Å². The number of carbonyl (C=O) groups is 1. The highest BCUT2D eigenvalue weighted by molar-refractivity contribution is 7.15. The number of fused-ring (bicyclic) bond motifs is 1. The first kappa shape index (κ1) is 16.2. The van der Waals surface area contributed by atoms with Gasteiger partial charge in [0.25, 0.3) is 0 Å². The Morgan fingerprint density at radius 1 is 1.40 bits per heavy atom. The maximum Gasteiger partial charge on any atom is 0.226 e. The number of pyridine rings is 1. The number of hydrogen-bond acceptors (Lipinski definition) is 5. The summed E-state index contributed by atoms with van der Waals surface area (Å²) in [6.45, 7) is 0. The summed E-state index contributed by atoms with van der Waals surface area (Å²) in [5.41, 5.74) is 1.73. The van der Waals surface area contributed by atoms with Crippen LogP contribution in [0.25, 0.3) is 4.96 Å². The van der Waals surface area contributed by atoms with E-state index < -0.39 is 0 Å². The van der Waals surface area contributed by atoms with Crippen LogP contribution in [0.4, 0.5) is 0 Å². The minimum atomic E-state index is -0.243. The van der Waals surface area contributed by atoms with Crippen LogP contribution in [0, 0.1) is 5.92 Å². The molecule has 0 radical (unpaired) electrons. The molecule has 6 nitrogen and oxygen atoms in total. The summed E-state index contributed by atoms with van der Waals surface area (Å²) in [7, 11) is 0. The lowest BCUT2D eigenvalue weighted by molar-refractivity contribution is -0.122. The number of carbonyl (C=O) groups excluding carboxylic acids is 1. The number of nitrogens with zero attached hydrogens (tertiary/aromatic N) is 3. The van der Waals surface area contributed by atoms with Gasteiger partial charge in [-0.05, 0) is 30.9 Å². The molecule has 0 aromatic carbocycles. The Morgan fingerprint density at radius 2 is 2.28 bits per heavy atom. The first-order valence-electron chi connectivity index (χ1n) is 8.46. The van der Waals surface area contributed by atoms with Gasteiger partial charge in [-0.3, -0.25) is 14.2 Å². The molecule has 1 amide bonds. The summed E-state index contributed by atoms with van der Waals surface area (Å²) >= 11 is 1.55. The van der Waals surface area contributed by atoms with E-state index in [1.165, 1.54) is 0 Å². The Bertz CT molecular complexity index is 826. The molecule has 0 spiro atoms. The van der Waals surface area contributed by atoms with E-state index in [1.54, 1.807) is 17.5 Å². The smallest absolute Gasteiger partial charge is 0.226 e. The van der Waals surface area contributed by atoms with E-state index >= 15 is 0 Å². The number of aliphatic hydroxyl groups excluding tert-OH is 1. The van der Waals surface area contributed by atoms with Crippen molar-refractivity contribution in [3.63, 3.8) is 0 Å². The normalized spacial score (nSPS) is 21.0. The molecule has 2 N–H and O–H groups in total. The van der Waals surface area contributed by atoms with Crippen molar-refractivity contribution >= 4 is 22.2 Å². The molecule has 3 aromatic rings. The summed E-state index contributed by atoms with van der Waals surface area (Å²) in [4.78, 5) is 22.2. The minimum absolute atomic E-state index is 0.00506. The fraction of sp³-hybridized carbons (Fsp3) is 0.389. The number of amides is 1. The third-order valence-corrected chi connectivity index (χ3v) is 5.48. The monoisotopic (exact) mass is 356 g/mol. The van der Waals surface area contributed by atoms with Gasteiger partial charge in [0.1, 0.15) is 0 Å².